The first-order valence-corrected chi connectivity index (χ1v) is 10.5. The van der Waals surface area contributed by atoms with Gasteiger partial charge in [-0.2, -0.15) is 9.78 Å². The van der Waals surface area contributed by atoms with E-state index in [0.717, 1.165) is 41.4 Å². The van der Waals surface area contributed by atoms with E-state index >= 15 is 0 Å². The molecule has 0 bridgehead atoms. The van der Waals surface area contributed by atoms with E-state index in [0.29, 0.717) is 18.0 Å². The van der Waals surface area contributed by atoms with Crippen molar-refractivity contribution >= 4 is 34.3 Å². The number of aliphatic imine (C=N–C) groups is 1. The maximum atomic E-state index is 10.0. The van der Waals surface area contributed by atoms with E-state index in [1.807, 2.05) is 24.3 Å². The van der Waals surface area contributed by atoms with Crippen LogP contribution in [0.5, 0.6) is 5.75 Å². The maximum Gasteiger partial charge on any atom is 0.171 e. The van der Waals surface area contributed by atoms with Crippen LogP contribution in [0.2, 0.25) is 0 Å². The Kier molecular flexibility index (Phi) is 7.28. The van der Waals surface area contributed by atoms with Gasteiger partial charge in [-0.25, -0.2) is 4.99 Å². The average molecular weight is 446 g/mol. The number of halogens is 1. The van der Waals surface area contributed by atoms with Gasteiger partial charge in [-0.05, 0) is 79.6 Å². The van der Waals surface area contributed by atoms with E-state index < -0.39 is 0 Å². The SMILES string of the molecule is C=Nc1c(Br)cnn1/C(=C\Cc1ccccc1O)NCCCN(C)C1CCC1. The highest BCUT2D eigenvalue weighted by Gasteiger charge is 2.21. The number of phenols is 1. The second-order valence-electron chi connectivity index (χ2n) is 7.15. The molecule has 0 unspecified atom stereocenters. The Hall–Kier alpha value is -2.12. The van der Waals surface area contributed by atoms with Gasteiger partial charge >= 0.3 is 0 Å². The molecule has 2 aromatic rings. The van der Waals surface area contributed by atoms with Crippen molar-refractivity contribution in [3.63, 3.8) is 0 Å². The molecule has 1 aliphatic carbocycles. The molecule has 7 heteroatoms. The number of aromatic nitrogens is 2. The number of benzene rings is 1. The number of rotatable bonds is 10. The zero-order valence-corrected chi connectivity index (χ0v) is 17.9. The van der Waals surface area contributed by atoms with Crippen LogP contribution in [0.3, 0.4) is 0 Å². The molecule has 6 nitrogen and oxygen atoms in total. The van der Waals surface area contributed by atoms with Crippen LogP contribution >= 0.6 is 15.9 Å². The minimum Gasteiger partial charge on any atom is -0.508 e. The summed E-state index contributed by atoms with van der Waals surface area (Å²) in [6.45, 7) is 5.55. The van der Waals surface area contributed by atoms with Crippen molar-refractivity contribution in [2.24, 2.45) is 4.99 Å². The van der Waals surface area contributed by atoms with Gasteiger partial charge in [-0.15, -0.1) is 0 Å². The molecule has 1 heterocycles. The van der Waals surface area contributed by atoms with Crippen molar-refractivity contribution in [1.82, 2.24) is 20.0 Å². The highest BCUT2D eigenvalue weighted by Crippen LogP contribution is 2.27. The minimum atomic E-state index is 0.295. The number of hydrogen-bond donors (Lipinski definition) is 2. The van der Waals surface area contributed by atoms with Gasteiger partial charge in [0.1, 0.15) is 11.6 Å². The van der Waals surface area contributed by atoms with Crippen molar-refractivity contribution < 1.29 is 5.11 Å². The molecule has 0 radical (unpaired) electrons. The molecule has 1 fully saturated rings. The summed E-state index contributed by atoms with van der Waals surface area (Å²) < 4.78 is 2.54. The number of para-hydroxylation sites is 1. The lowest BCUT2D eigenvalue weighted by atomic mass is 9.92. The summed E-state index contributed by atoms with van der Waals surface area (Å²) in [5.74, 6) is 1.79. The quantitative estimate of drug-likeness (QED) is 0.425. The zero-order chi connectivity index (χ0) is 19.9. The fourth-order valence-electron chi connectivity index (χ4n) is 3.32. The summed E-state index contributed by atoms with van der Waals surface area (Å²) in [4.78, 5) is 6.54. The number of allylic oxidation sites excluding steroid dienone is 1. The molecule has 1 aromatic heterocycles. The number of phenolic OH excluding ortho intramolecular Hbond substituents is 1. The van der Waals surface area contributed by atoms with Gasteiger partial charge < -0.3 is 15.3 Å². The summed E-state index contributed by atoms with van der Waals surface area (Å²) in [7, 11) is 2.21. The van der Waals surface area contributed by atoms with Gasteiger partial charge in [0.05, 0.1) is 10.7 Å². The van der Waals surface area contributed by atoms with Gasteiger partial charge in [-0.1, -0.05) is 24.6 Å². The highest BCUT2D eigenvalue weighted by atomic mass is 79.9. The van der Waals surface area contributed by atoms with Crippen molar-refractivity contribution in [3.8, 4) is 5.75 Å². The summed E-state index contributed by atoms with van der Waals surface area (Å²) in [5.41, 5.74) is 0.867. The molecule has 150 valence electrons. The summed E-state index contributed by atoms with van der Waals surface area (Å²) >= 11 is 3.47. The number of hydrogen-bond acceptors (Lipinski definition) is 5. The van der Waals surface area contributed by atoms with E-state index in [9.17, 15) is 5.11 Å². The molecule has 1 aromatic carbocycles. The number of nitrogens with one attached hydrogen (secondary N) is 1. The predicted octanol–water partition coefficient (Wildman–Crippen LogP) is 4.19. The summed E-state index contributed by atoms with van der Waals surface area (Å²) in [6.07, 6.45) is 9.38. The monoisotopic (exact) mass is 445 g/mol. The Balaban J connectivity index is 1.68. The summed E-state index contributed by atoms with van der Waals surface area (Å²) in [5, 5.41) is 17.9. The molecule has 0 saturated heterocycles. The first-order chi connectivity index (χ1) is 13.6. The molecule has 1 aliphatic rings. The first kappa shape index (κ1) is 20.6. The van der Waals surface area contributed by atoms with Gasteiger partial charge in [0.25, 0.3) is 0 Å². The Morgan fingerprint density at radius 3 is 2.93 bits per heavy atom. The third-order valence-electron chi connectivity index (χ3n) is 5.28. The van der Waals surface area contributed by atoms with Crippen molar-refractivity contribution in [2.75, 3.05) is 20.1 Å². The van der Waals surface area contributed by atoms with E-state index in [2.05, 4.69) is 50.0 Å². The van der Waals surface area contributed by atoms with E-state index in [-0.39, 0.29) is 0 Å². The third-order valence-corrected chi connectivity index (χ3v) is 5.84. The lowest BCUT2D eigenvalue weighted by molar-refractivity contribution is 0.158. The lowest BCUT2D eigenvalue weighted by Gasteiger charge is -2.34. The van der Waals surface area contributed by atoms with Gasteiger partial charge in [0, 0.05) is 12.6 Å². The molecule has 0 amide bonds. The van der Waals surface area contributed by atoms with Gasteiger partial charge in [0.2, 0.25) is 0 Å². The fourth-order valence-corrected chi connectivity index (χ4v) is 3.70. The molecule has 0 aliphatic heterocycles. The van der Waals surface area contributed by atoms with Crippen LogP contribution in [0.25, 0.3) is 5.82 Å². The Bertz CT molecular complexity index is 828. The van der Waals surface area contributed by atoms with Crippen molar-refractivity contribution in [1.29, 1.82) is 0 Å². The molecule has 0 spiro atoms. The molecule has 0 atom stereocenters. The Morgan fingerprint density at radius 1 is 1.46 bits per heavy atom. The highest BCUT2D eigenvalue weighted by molar-refractivity contribution is 9.10. The van der Waals surface area contributed by atoms with Crippen LogP contribution in [-0.4, -0.2) is 52.7 Å². The lowest BCUT2D eigenvalue weighted by Crippen LogP contribution is -2.38. The van der Waals surface area contributed by atoms with E-state index in [1.165, 1.54) is 19.3 Å². The molecular weight excluding hydrogens is 418 g/mol. The first-order valence-electron chi connectivity index (χ1n) is 9.72. The van der Waals surface area contributed by atoms with Crippen LogP contribution in [-0.2, 0) is 6.42 Å². The van der Waals surface area contributed by atoms with Crippen LogP contribution in [0.4, 0.5) is 5.82 Å². The normalized spacial score (nSPS) is 14.9. The van der Waals surface area contributed by atoms with Gasteiger partial charge in [0.15, 0.2) is 5.82 Å². The fraction of sp³-hybridized carbons (Fsp3) is 0.429. The Labute approximate surface area is 175 Å². The van der Waals surface area contributed by atoms with Gasteiger partial charge in [-0.3, -0.25) is 0 Å². The predicted molar refractivity (Wildman–Crippen MR) is 118 cm³/mol. The molecular formula is C21H28BrN5O. The molecule has 1 saturated carbocycles. The van der Waals surface area contributed by atoms with E-state index in [1.54, 1.807) is 16.9 Å². The smallest absolute Gasteiger partial charge is 0.171 e. The minimum absolute atomic E-state index is 0.295. The standard InChI is InChI=1S/C21H28BrN5O/c1-23-21-18(22)15-25-27(21)20(12-11-16-7-3-4-10-19(16)28)24-13-6-14-26(2)17-8-5-9-17/h3-4,7,10,12,15,17,24,28H,1,5-6,8-9,11,13-14H2,2H3/b20-12-. The maximum absolute atomic E-state index is 10.0. The second kappa shape index (κ2) is 9.89. The average Bonchev–Trinajstić information content (AvgIpc) is 3.01. The van der Waals surface area contributed by atoms with Crippen LogP contribution in [0.1, 0.15) is 31.2 Å². The van der Waals surface area contributed by atoms with E-state index in [4.69, 9.17) is 0 Å². The molecule has 28 heavy (non-hydrogen) atoms. The van der Waals surface area contributed by atoms with Crippen molar-refractivity contribution in [2.45, 2.75) is 38.1 Å². The largest absolute Gasteiger partial charge is 0.508 e. The number of nitrogens with zero attached hydrogens (tertiary/aromatic N) is 4. The Morgan fingerprint density at radius 2 is 2.25 bits per heavy atom. The number of aromatic hydroxyl groups is 1. The van der Waals surface area contributed by atoms with Crippen molar-refractivity contribution in [3.05, 3.63) is 46.6 Å². The second-order valence-corrected chi connectivity index (χ2v) is 8.01. The van der Waals surface area contributed by atoms with Crippen LogP contribution in [0.15, 0.2) is 46.0 Å². The topological polar surface area (TPSA) is 65.7 Å². The molecule has 2 N–H and O–H groups in total. The molecule has 3 rings (SSSR count). The summed E-state index contributed by atoms with van der Waals surface area (Å²) in [6, 6.07) is 8.13. The van der Waals surface area contributed by atoms with Crippen LogP contribution in [0, 0.1) is 0 Å². The van der Waals surface area contributed by atoms with Crippen LogP contribution < -0.4 is 5.32 Å². The zero-order valence-electron chi connectivity index (χ0n) is 16.3. The third kappa shape index (κ3) is 5.02.